The molecule has 0 aliphatic carbocycles. The first kappa shape index (κ1) is 16.0. The van der Waals surface area contributed by atoms with Gasteiger partial charge in [0.2, 0.25) is 0 Å². The number of carbonyl (C=O) groups excluding carboxylic acids is 2. The number of ether oxygens (including phenoxy) is 1. The highest BCUT2D eigenvalue weighted by molar-refractivity contribution is 9.10. The van der Waals surface area contributed by atoms with Crippen molar-refractivity contribution in [2.45, 2.75) is 6.92 Å². The van der Waals surface area contributed by atoms with E-state index in [1.54, 1.807) is 37.3 Å². The van der Waals surface area contributed by atoms with Crippen molar-refractivity contribution in [3.05, 3.63) is 58.1 Å². The predicted molar refractivity (Wildman–Crippen MR) is 85.9 cm³/mol. The molecule has 0 radical (unpaired) electrons. The number of amides is 1. The Morgan fingerprint density at radius 1 is 1.18 bits per heavy atom. The summed E-state index contributed by atoms with van der Waals surface area (Å²) < 4.78 is 5.64. The zero-order chi connectivity index (χ0) is 16.1. The number of nitrogens with one attached hydrogen (secondary N) is 1. The fraction of sp³-hybridized carbons (Fsp3) is 0.125. The minimum atomic E-state index is -0.747. The molecule has 0 unspecified atom stereocenters. The molecule has 2 N–H and O–H groups in total. The Kier molecular flexibility index (Phi) is 5.16. The molecule has 0 aliphatic rings. The highest BCUT2D eigenvalue weighted by Gasteiger charge is 2.15. The van der Waals surface area contributed by atoms with Crippen LogP contribution < -0.4 is 5.32 Å². The maximum absolute atomic E-state index is 11.9. The van der Waals surface area contributed by atoms with Gasteiger partial charge in [-0.3, -0.25) is 4.79 Å². The van der Waals surface area contributed by atoms with Crippen LogP contribution in [-0.4, -0.2) is 23.6 Å². The molecule has 0 aromatic heterocycles. The number of aromatic hydroxyl groups is 1. The number of rotatable bonds is 4. The summed E-state index contributed by atoms with van der Waals surface area (Å²) in [6.45, 7) is 1.24. The SMILES string of the molecule is Cc1cccc(C(=O)OCC(=O)Nc2ccccc2Br)c1O. The average molecular weight is 364 g/mol. The summed E-state index contributed by atoms with van der Waals surface area (Å²) in [5.41, 5.74) is 1.18. The van der Waals surface area contributed by atoms with Gasteiger partial charge >= 0.3 is 5.97 Å². The first-order valence-corrected chi connectivity index (χ1v) is 7.28. The number of phenolic OH excluding ortho intramolecular Hbond substituents is 1. The van der Waals surface area contributed by atoms with Gasteiger partial charge in [0.25, 0.3) is 5.91 Å². The molecule has 5 nitrogen and oxygen atoms in total. The molecule has 2 rings (SSSR count). The number of benzene rings is 2. The van der Waals surface area contributed by atoms with E-state index in [1.807, 2.05) is 6.07 Å². The smallest absolute Gasteiger partial charge is 0.342 e. The van der Waals surface area contributed by atoms with Crippen LogP contribution in [0.3, 0.4) is 0 Å². The average Bonchev–Trinajstić information content (AvgIpc) is 2.50. The van der Waals surface area contributed by atoms with Crippen molar-refractivity contribution in [1.29, 1.82) is 0 Å². The van der Waals surface area contributed by atoms with Gasteiger partial charge in [0.1, 0.15) is 11.3 Å². The molecule has 1 amide bonds. The van der Waals surface area contributed by atoms with Crippen molar-refractivity contribution in [2.24, 2.45) is 0 Å². The molecule has 0 heterocycles. The van der Waals surface area contributed by atoms with Gasteiger partial charge in [-0.25, -0.2) is 4.79 Å². The van der Waals surface area contributed by atoms with Crippen LogP contribution in [-0.2, 0) is 9.53 Å². The third kappa shape index (κ3) is 3.85. The van der Waals surface area contributed by atoms with Crippen molar-refractivity contribution in [1.82, 2.24) is 0 Å². The highest BCUT2D eigenvalue weighted by Crippen LogP contribution is 2.23. The lowest BCUT2D eigenvalue weighted by atomic mass is 10.1. The molecule has 0 fully saturated rings. The van der Waals surface area contributed by atoms with Crippen molar-refractivity contribution < 1.29 is 19.4 Å². The summed E-state index contributed by atoms with van der Waals surface area (Å²) in [5.74, 6) is -1.35. The Morgan fingerprint density at radius 2 is 1.91 bits per heavy atom. The van der Waals surface area contributed by atoms with E-state index >= 15 is 0 Å². The molecule has 0 saturated heterocycles. The second kappa shape index (κ2) is 7.09. The Bertz CT molecular complexity index is 715. The van der Waals surface area contributed by atoms with Gasteiger partial charge in [0.15, 0.2) is 6.61 Å². The molecule has 0 saturated carbocycles. The first-order valence-electron chi connectivity index (χ1n) is 6.49. The number of aryl methyl sites for hydroxylation is 1. The Labute approximate surface area is 136 Å². The van der Waals surface area contributed by atoms with E-state index in [4.69, 9.17) is 4.74 Å². The van der Waals surface area contributed by atoms with E-state index in [1.165, 1.54) is 6.07 Å². The molecule has 2 aromatic carbocycles. The molecule has 114 valence electrons. The van der Waals surface area contributed by atoms with Gasteiger partial charge in [0, 0.05) is 4.47 Å². The van der Waals surface area contributed by atoms with Crippen LogP contribution in [0.4, 0.5) is 5.69 Å². The summed E-state index contributed by atoms with van der Waals surface area (Å²) in [6.07, 6.45) is 0. The maximum atomic E-state index is 11.9. The van der Waals surface area contributed by atoms with Gasteiger partial charge in [0.05, 0.1) is 5.69 Å². The number of halogens is 1. The number of para-hydroxylation sites is 2. The first-order chi connectivity index (χ1) is 10.5. The second-order valence-corrected chi connectivity index (χ2v) is 5.43. The van der Waals surface area contributed by atoms with Gasteiger partial charge in [-0.05, 0) is 46.6 Å². The van der Waals surface area contributed by atoms with E-state index in [0.717, 1.165) is 4.47 Å². The standard InChI is InChI=1S/C16H14BrNO4/c1-10-5-4-6-11(15(10)20)16(21)22-9-14(19)18-13-8-3-2-7-12(13)17/h2-8,20H,9H2,1H3,(H,18,19). The normalized spacial score (nSPS) is 10.1. The lowest BCUT2D eigenvalue weighted by Crippen LogP contribution is -2.21. The van der Waals surface area contributed by atoms with E-state index in [2.05, 4.69) is 21.2 Å². The summed E-state index contributed by atoms with van der Waals surface area (Å²) in [4.78, 5) is 23.7. The fourth-order valence-corrected chi connectivity index (χ4v) is 2.17. The summed E-state index contributed by atoms with van der Waals surface area (Å²) in [5, 5.41) is 12.4. The number of esters is 1. The third-order valence-corrected chi connectivity index (χ3v) is 3.63. The molecule has 0 atom stereocenters. The molecule has 2 aromatic rings. The largest absolute Gasteiger partial charge is 0.507 e. The number of phenols is 1. The maximum Gasteiger partial charge on any atom is 0.342 e. The fourth-order valence-electron chi connectivity index (χ4n) is 1.78. The second-order valence-electron chi connectivity index (χ2n) is 4.58. The quantitative estimate of drug-likeness (QED) is 0.817. The van der Waals surface area contributed by atoms with Crippen molar-refractivity contribution in [3.63, 3.8) is 0 Å². The van der Waals surface area contributed by atoms with Gasteiger partial charge < -0.3 is 15.2 Å². The zero-order valence-corrected chi connectivity index (χ0v) is 13.4. The monoisotopic (exact) mass is 363 g/mol. The Hall–Kier alpha value is -2.34. The lowest BCUT2D eigenvalue weighted by molar-refractivity contribution is -0.119. The van der Waals surface area contributed by atoms with Crippen LogP contribution in [0, 0.1) is 6.92 Å². The van der Waals surface area contributed by atoms with Crippen molar-refractivity contribution in [3.8, 4) is 5.75 Å². The summed E-state index contributed by atoms with van der Waals surface area (Å²) >= 11 is 3.30. The summed E-state index contributed by atoms with van der Waals surface area (Å²) in [7, 11) is 0. The molecule has 6 heteroatoms. The third-order valence-electron chi connectivity index (χ3n) is 2.94. The van der Waals surface area contributed by atoms with Crippen LogP contribution in [0.2, 0.25) is 0 Å². The highest BCUT2D eigenvalue weighted by atomic mass is 79.9. The molecular formula is C16H14BrNO4. The van der Waals surface area contributed by atoms with Crippen LogP contribution in [0.5, 0.6) is 5.75 Å². The van der Waals surface area contributed by atoms with E-state index in [-0.39, 0.29) is 11.3 Å². The van der Waals surface area contributed by atoms with Crippen LogP contribution in [0.25, 0.3) is 0 Å². The van der Waals surface area contributed by atoms with Gasteiger partial charge in [-0.2, -0.15) is 0 Å². The summed E-state index contributed by atoms with van der Waals surface area (Å²) in [6, 6.07) is 11.8. The van der Waals surface area contributed by atoms with E-state index in [9.17, 15) is 14.7 Å². The number of hydrogen-bond acceptors (Lipinski definition) is 4. The molecule has 0 bridgehead atoms. The van der Waals surface area contributed by atoms with E-state index < -0.39 is 18.5 Å². The zero-order valence-electron chi connectivity index (χ0n) is 11.8. The van der Waals surface area contributed by atoms with Crippen LogP contribution in [0.1, 0.15) is 15.9 Å². The van der Waals surface area contributed by atoms with Gasteiger partial charge in [-0.15, -0.1) is 0 Å². The number of anilines is 1. The van der Waals surface area contributed by atoms with Crippen LogP contribution in [0.15, 0.2) is 46.9 Å². The van der Waals surface area contributed by atoms with Gasteiger partial charge in [-0.1, -0.05) is 24.3 Å². The number of hydrogen-bond donors (Lipinski definition) is 2. The Morgan fingerprint density at radius 3 is 2.64 bits per heavy atom. The molecule has 0 spiro atoms. The van der Waals surface area contributed by atoms with Crippen molar-refractivity contribution >= 4 is 33.5 Å². The lowest BCUT2D eigenvalue weighted by Gasteiger charge is -2.09. The predicted octanol–water partition coefficient (Wildman–Crippen LogP) is 3.26. The Balaban J connectivity index is 1.95. The minimum Gasteiger partial charge on any atom is -0.507 e. The molecule has 0 aliphatic heterocycles. The molecular weight excluding hydrogens is 350 g/mol. The number of carbonyl (C=O) groups is 2. The minimum absolute atomic E-state index is 0.0358. The van der Waals surface area contributed by atoms with Crippen molar-refractivity contribution in [2.75, 3.05) is 11.9 Å². The van der Waals surface area contributed by atoms with Crippen LogP contribution >= 0.6 is 15.9 Å². The topological polar surface area (TPSA) is 75.6 Å². The van der Waals surface area contributed by atoms with E-state index in [0.29, 0.717) is 11.3 Å². The molecule has 22 heavy (non-hydrogen) atoms.